The van der Waals surface area contributed by atoms with Gasteiger partial charge in [0.2, 0.25) is 0 Å². The van der Waals surface area contributed by atoms with Gasteiger partial charge in [-0.2, -0.15) is 11.8 Å². The van der Waals surface area contributed by atoms with Crippen molar-refractivity contribution >= 4 is 17.9 Å². The molecule has 0 spiro atoms. The van der Waals surface area contributed by atoms with E-state index in [-0.39, 0.29) is 19.3 Å². The van der Waals surface area contributed by atoms with Gasteiger partial charge in [0.1, 0.15) is 6.61 Å². The number of carbonyl (C=O) groups excluding carboxylic acids is 1. The van der Waals surface area contributed by atoms with Gasteiger partial charge in [-0.3, -0.25) is 0 Å². The van der Waals surface area contributed by atoms with Gasteiger partial charge >= 0.3 is 6.09 Å². The van der Waals surface area contributed by atoms with Crippen molar-refractivity contribution in [1.29, 1.82) is 0 Å². The third kappa shape index (κ3) is 4.72. The molecule has 1 aromatic rings. The number of hydrogen-bond donors (Lipinski definition) is 2. The fraction of sp³-hybridized carbons (Fsp3) is 0.533. The highest BCUT2D eigenvalue weighted by Gasteiger charge is 2.25. The van der Waals surface area contributed by atoms with E-state index < -0.39 is 6.09 Å². The minimum atomic E-state index is -0.453. The van der Waals surface area contributed by atoms with Crippen LogP contribution in [0.1, 0.15) is 18.4 Å². The zero-order valence-corrected chi connectivity index (χ0v) is 12.3. The highest BCUT2D eigenvalue weighted by atomic mass is 32.2. The van der Waals surface area contributed by atoms with Crippen LogP contribution in [0.4, 0.5) is 4.79 Å². The Kier molecular flexibility index (Phi) is 6.21. The Balaban J connectivity index is 1.77. The number of aliphatic hydroxyl groups excluding tert-OH is 1. The standard InChI is InChI=1S/C15H21NO3S/c17-10-14(13-6-8-20-9-7-13)16-15(18)19-11-12-4-2-1-3-5-12/h1-5,13-14,17H,6-11H2,(H,16,18). The average Bonchev–Trinajstić information content (AvgIpc) is 2.52. The highest BCUT2D eigenvalue weighted by molar-refractivity contribution is 7.99. The smallest absolute Gasteiger partial charge is 0.407 e. The summed E-state index contributed by atoms with van der Waals surface area (Å²) in [4.78, 5) is 11.8. The van der Waals surface area contributed by atoms with Gasteiger partial charge in [-0.05, 0) is 35.8 Å². The molecular weight excluding hydrogens is 274 g/mol. The third-order valence-corrected chi connectivity index (χ3v) is 4.60. The topological polar surface area (TPSA) is 58.6 Å². The molecule has 1 aliphatic rings. The molecular formula is C15H21NO3S. The zero-order valence-electron chi connectivity index (χ0n) is 11.5. The van der Waals surface area contributed by atoms with E-state index >= 15 is 0 Å². The van der Waals surface area contributed by atoms with E-state index in [0.717, 1.165) is 29.9 Å². The van der Waals surface area contributed by atoms with E-state index in [9.17, 15) is 9.90 Å². The van der Waals surface area contributed by atoms with Gasteiger partial charge in [-0.15, -0.1) is 0 Å². The summed E-state index contributed by atoms with van der Waals surface area (Å²) in [6.07, 6.45) is 1.62. The molecule has 110 valence electrons. The first-order valence-electron chi connectivity index (χ1n) is 6.95. The van der Waals surface area contributed by atoms with Crippen LogP contribution in [0.3, 0.4) is 0 Å². The predicted octanol–water partition coefficient (Wildman–Crippen LogP) is 2.42. The fourth-order valence-corrected chi connectivity index (χ4v) is 3.49. The lowest BCUT2D eigenvalue weighted by Gasteiger charge is -2.29. The van der Waals surface area contributed by atoms with Gasteiger partial charge < -0.3 is 15.2 Å². The van der Waals surface area contributed by atoms with Crippen molar-refractivity contribution in [3.63, 3.8) is 0 Å². The maximum atomic E-state index is 11.8. The van der Waals surface area contributed by atoms with E-state index in [1.807, 2.05) is 42.1 Å². The highest BCUT2D eigenvalue weighted by Crippen LogP contribution is 2.25. The molecule has 1 fully saturated rings. The number of hydrogen-bond acceptors (Lipinski definition) is 4. The number of carbonyl (C=O) groups is 1. The number of rotatable bonds is 5. The molecule has 2 N–H and O–H groups in total. The first-order valence-corrected chi connectivity index (χ1v) is 8.11. The summed E-state index contributed by atoms with van der Waals surface area (Å²) in [5, 5.41) is 12.2. The van der Waals surface area contributed by atoms with Gasteiger partial charge in [0.05, 0.1) is 12.6 Å². The molecule has 20 heavy (non-hydrogen) atoms. The van der Waals surface area contributed by atoms with E-state index in [1.165, 1.54) is 0 Å². The quantitative estimate of drug-likeness (QED) is 0.876. The Morgan fingerprint density at radius 2 is 2.05 bits per heavy atom. The van der Waals surface area contributed by atoms with Crippen molar-refractivity contribution in [2.45, 2.75) is 25.5 Å². The molecule has 0 bridgehead atoms. The SMILES string of the molecule is O=C(NC(CO)C1CCSCC1)OCc1ccccc1. The molecule has 2 rings (SSSR count). The van der Waals surface area contributed by atoms with Crippen LogP contribution in [-0.2, 0) is 11.3 Å². The van der Waals surface area contributed by atoms with Crippen molar-refractivity contribution in [1.82, 2.24) is 5.32 Å². The Bertz CT molecular complexity index is 407. The first kappa shape index (κ1) is 15.2. The van der Waals surface area contributed by atoms with Gasteiger partial charge in [0.15, 0.2) is 0 Å². The second-order valence-corrected chi connectivity index (χ2v) is 6.17. The maximum absolute atomic E-state index is 11.8. The lowest BCUT2D eigenvalue weighted by Crippen LogP contribution is -2.44. The van der Waals surface area contributed by atoms with Gasteiger partial charge in [0.25, 0.3) is 0 Å². The number of thioether (sulfide) groups is 1. The molecule has 0 saturated carbocycles. The van der Waals surface area contributed by atoms with Crippen LogP contribution in [0.15, 0.2) is 30.3 Å². The van der Waals surface area contributed by atoms with Gasteiger partial charge in [0, 0.05) is 0 Å². The minimum Gasteiger partial charge on any atom is -0.445 e. The van der Waals surface area contributed by atoms with Crippen molar-refractivity contribution in [3.8, 4) is 0 Å². The fourth-order valence-electron chi connectivity index (χ4n) is 2.35. The minimum absolute atomic E-state index is 0.0320. The van der Waals surface area contributed by atoms with E-state index in [2.05, 4.69) is 5.32 Å². The summed E-state index contributed by atoms with van der Waals surface area (Å²) in [6.45, 7) is 0.223. The van der Waals surface area contributed by atoms with Crippen LogP contribution >= 0.6 is 11.8 Å². The number of benzene rings is 1. The molecule has 1 saturated heterocycles. The number of ether oxygens (including phenoxy) is 1. The predicted molar refractivity (Wildman–Crippen MR) is 80.7 cm³/mol. The lowest BCUT2D eigenvalue weighted by molar-refractivity contribution is 0.119. The average molecular weight is 295 g/mol. The van der Waals surface area contributed by atoms with Crippen LogP contribution in [0, 0.1) is 5.92 Å². The molecule has 0 aliphatic carbocycles. The Labute approximate surface area is 123 Å². The summed E-state index contributed by atoms with van der Waals surface area (Å²) in [5.41, 5.74) is 0.956. The molecule has 1 atom stereocenters. The van der Waals surface area contributed by atoms with E-state index in [1.54, 1.807) is 0 Å². The Hall–Kier alpha value is -1.20. The van der Waals surface area contributed by atoms with Crippen LogP contribution in [0.2, 0.25) is 0 Å². The van der Waals surface area contributed by atoms with Crippen molar-refractivity contribution in [2.75, 3.05) is 18.1 Å². The normalized spacial score (nSPS) is 17.4. The zero-order chi connectivity index (χ0) is 14.2. The molecule has 0 aromatic heterocycles. The molecule has 1 aromatic carbocycles. The van der Waals surface area contributed by atoms with Crippen LogP contribution in [0.25, 0.3) is 0 Å². The molecule has 4 nitrogen and oxygen atoms in total. The Morgan fingerprint density at radius 1 is 1.35 bits per heavy atom. The van der Waals surface area contributed by atoms with Gasteiger partial charge in [-0.25, -0.2) is 4.79 Å². The summed E-state index contributed by atoms with van der Waals surface area (Å²) in [7, 11) is 0. The van der Waals surface area contributed by atoms with Crippen molar-refractivity contribution < 1.29 is 14.6 Å². The third-order valence-electron chi connectivity index (χ3n) is 3.55. The van der Waals surface area contributed by atoms with Crippen molar-refractivity contribution in [3.05, 3.63) is 35.9 Å². The second-order valence-electron chi connectivity index (χ2n) is 4.94. The summed E-state index contributed by atoms with van der Waals surface area (Å²) >= 11 is 1.93. The van der Waals surface area contributed by atoms with Crippen LogP contribution in [-0.4, -0.2) is 35.4 Å². The van der Waals surface area contributed by atoms with E-state index in [4.69, 9.17) is 4.74 Å². The second kappa shape index (κ2) is 8.17. The van der Waals surface area contributed by atoms with E-state index in [0.29, 0.717) is 5.92 Å². The van der Waals surface area contributed by atoms with Crippen LogP contribution in [0.5, 0.6) is 0 Å². The monoisotopic (exact) mass is 295 g/mol. The number of amides is 1. The summed E-state index contributed by atoms with van der Waals surface area (Å²) in [5.74, 6) is 2.55. The first-order chi connectivity index (χ1) is 9.79. The molecule has 1 amide bonds. The number of alkyl carbamates (subject to hydrolysis) is 1. The Morgan fingerprint density at radius 3 is 2.70 bits per heavy atom. The maximum Gasteiger partial charge on any atom is 0.407 e. The lowest BCUT2D eigenvalue weighted by atomic mass is 9.94. The number of nitrogens with one attached hydrogen (secondary N) is 1. The molecule has 1 aliphatic heterocycles. The molecule has 1 heterocycles. The molecule has 1 unspecified atom stereocenters. The number of aliphatic hydroxyl groups is 1. The largest absolute Gasteiger partial charge is 0.445 e. The summed E-state index contributed by atoms with van der Waals surface area (Å²) in [6, 6.07) is 9.37. The van der Waals surface area contributed by atoms with Crippen molar-refractivity contribution in [2.24, 2.45) is 5.92 Å². The van der Waals surface area contributed by atoms with Gasteiger partial charge in [-0.1, -0.05) is 30.3 Å². The molecule has 5 heteroatoms. The van der Waals surface area contributed by atoms with Crippen LogP contribution < -0.4 is 5.32 Å². The molecule has 0 radical (unpaired) electrons. The summed E-state index contributed by atoms with van der Waals surface area (Å²) < 4.78 is 5.18.